The van der Waals surface area contributed by atoms with Crippen molar-refractivity contribution < 1.29 is 23.1 Å². The zero-order valence-electron chi connectivity index (χ0n) is 17.2. The van der Waals surface area contributed by atoms with Crippen LogP contribution in [0.3, 0.4) is 0 Å². The van der Waals surface area contributed by atoms with Gasteiger partial charge in [-0.25, -0.2) is 17.9 Å². The van der Waals surface area contributed by atoms with Crippen molar-refractivity contribution in [2.45, 2.75) is 12.1 Å². The lowest BCUT2D eigenvalue weighted by molar-refractivity contribution is -0.138. The second kappa shape index (κ2) is 8.97. The molecule has 14 heteroatoms. The number of H-pyrrole nitrogens is 2. The first kappa shape index (κ1) is 23.0. The number of aromatic amines is 2. The smallest absolute Gasteiger partial charge is 0.328 e. The fraction of sp³-hybridized carbons (Fsp3) is 0.211. The molecule has 0 spiro atoms. The molecule has 33 heavy (non-hydrogen) atoms. The summed E-state index contributed by atoms with van der Waals surface area (Å²) in [6.07, 6.45) is 0.986. The van der Waals surface area contributed by atoms with Gasteiger partial charge in [0, 0.05) is 17.4 Å². The molecule has 1 aliphatic rings. The molecule has 3 aromatic rings. The van der Waals surface area contributed by atoms with Crippen molar-refractivity contribution in [2.24, 2.45) is 0 Å². The van der Waals surface area contributed by atoms with Crippen molar-refractivity contribution in [1.82, 2.24) is 19.5 Å². The number of hydrogen-bond donors (Lipinski definition) is 6. The number of ether oxygens (including phenoxy) is 1. The molecule has 0 radical (unpaired) electrons. The number of carbonyl (C=O) groups is 1. The van der Waals surface area contributed by atoms with Crippen LogP contribution in [0.15, 0.2) is 42.5 Å². The van der Waals surface area contributed by atoms with Crippen LogP contribution in [0.1, 0.15) is 11.6 Å². The molecule has 0 aliphatic carbocycles. The number of aliphatic carboxylic acids is 1. The quantitative estimate of drug-likeness (QED) is 0.199. The number of nitrogens with zero attached hydrogens (tertiary/aromatic N) is 1. The van der Waals surface area contributed by atoms with Crippen molar-refractivity contribution in [3.63, 3.8) is 0 Å². The second-order valence-corrected chi connectivity index (χ2v) is 9.84. The zero-order valence-corrected chi connectivity index (χ0v) is 19.6. The van der Waals surface area contributed by atoms with E-state index < -0.39 is 28.1 Å². The third-order valence-corrected chi connectivity index (χ3v) is 6.16. The lowest BCUT2D eigenvalue weighted by Gasteiger charge is -2.16. The second-order valence-electron chi connectivity index (χ2n) is 7.29. The first-order valence-electron chi connectivity index (χ1n) is 9.60. The van der Waals surface area contributed by atoms with Gasteiger partial charge in [-0.05, 0) is 54.3 Å². The number of rotatable bonds is 8. The molecular formula is C19H20N6O5S3. The van der Waals surface area contributed by atoms with Crippen LogP contribution >= 0.6 is 24.4 Å². The average Bonchev–Trinajstić information content (AvgIpc) is 3.26. The Labute approximate surface area is 198 Å². The van der Waals surface area contributed by atoms with Crippen LogP contribution in [0.25, 0.3) is 5.69 Å². The molecule has 0 amide bonds. The lowest BCUT2D eigenvalue weighted by Crippen LogP contribution is -2.40. The average molecular weight is 509 g/mol. The number of benzene rings is 2. The molecule has 1 aromatic heterocycles. The summed E-state index contributed by atoms with van der Waals surface area (Å²) in [6, 6.07) is 10.3. The maximum Gasteiger partial charge on any atom is 0.328 e. The van der Waals surface area contributed by atoms with Gasteiger partial charge in [0.1, 0.15) is 11.8 Å². The molecule has 2 aromatic carbocycles. The van der Waals surface area contributed by atoms with Crippen molar-refractivity contribution in [3.05, 3.63) is 57.6 Å². The van der Waals surface area contributed by atoms with Crippen molar-refractivity contribution >= 4 is 51.8 Å². The molecular weight excluding hydrogens is 488 g/mol. The first-order chi connectivity index (χ1) is 15.6. The van der Waals surface area contributed by atoms with E-state index in [0.717, 1.165) is 17.6 Å². The summed E-state index contributed by atoms with van der Waals surface area (Å²) in [4.78, 5) is 11.6. The van der Waals surface area contributed by atoms with Gasteiger partial charge >= 0.3 is 5.97 Å². The van der Waals surface area contributed by atoms with Crippen LogP contribution in [-0.4, -0.2) is 53.3 Å². The van der Waals surface area contributed by atoms with Gasteiger partial charge in [0.2, 0.25) is 10.0 Å². The van der Waals surface area contributed by atoms with E-state index in [2.05, 4.69) is 25.6 Å². The summed E-state index contributed by atoms with van der Waals surface area (Å²) in [5.41, 5.74) is 2.56. The van der Waals surface area contributed by atoms with E-state index in [9.17, 15) is 18.3 Å². The number of anilines is 2. The molecule has 0 saturated heterocycles. The minimum atomic E-state index is -3.61. The SMILES string of the molecule is CS(=O)(=O)NC1c2ccc(OCNc3cccc(-n4c(=S)[nH][nH]c4=S)c3)cc2NC1C(=O)O. The highest BCUT2D eigenvalue weighted by Gasteiger charge is 2.38. The Morgan fingerprint density at radius 1 is 1.18 bits per heavy atom. The number of hydrogen-bond acceptors (Lipinski definition) is 8. The molecule has 174 valence electrons. The Hall–Kier alpha value is -3.20. The van der Waals surface area contributed by atoms with Gasteiger partial charge in [0.05, 0.1) is 18.0 Å². The van der Waals surface area contributed by atoms with Crippen LogP contribution in [0.5, 0.6) is 5.75 Å². The van der Waals surface area contributed by atoms with Gasteiger partial charge in [0.15, 0.2) is 16.3 Å². The summed E-state index contributed by atoms with van der Waals surface area (Å²) in [5, 5.41) is 21.0. The van der Waals surface area contributed by atoms with E-state index in [4.69, 9.17) is 29.2 Å². The standard InChI is InChI=1S/C19H20N6O5S3/c1-33(28,29)24-15-13-6-5-12(8-14(13)21-16(15)17(26)27)30-9-20-10-3-2-4-11(7-10)25-18(31)22-23-19(25)32/h2-8,15-16,20-21,24H,9H2,1H3,(H,22,31)(H,23,32)(H,26,27). The number of nitrogens with one attached hydrogen (secondary N) is 5. The normalized spacial score (nSPS) is 17.2. The molecule has 2 unspecified atom stereocenters. The van der Waals surface area contributed by atoms with Crippen LogP contribution in [0.2, 0.25) is 0 Å². The number of aromatic nitrogens is 3. The van der Waals surface area contributed by atoms with Crippen molar-refractivity contribution in [1.29, 1.82) is 0 Å². The molecule has 0 fully saturated rings. The number of fused-ring (bicyclic) bond motifs is 1. The lowest BCUT2D eigenvalue weighted by atomic mass is 10.0. The van der Waals surface area contributed by atoms with E-state index in [-0.39, 0.29) is 6.73 Å². The minimum Gasteiger partial charge on any atom is -0.480 e. The molecule has 6 N–H and O–H groups in total. The number of sulfonamides is 1. The Kier molecular flexibility index (Phi) is 6.25. The number of carboxylic acid groups (broad SMARTS) is 1. The minimum absolute atomic E-state index is 0.126. The van der Waals surface area contributed by atoms with E-state index in [0.29, 0.717) is 26.5 Å². The maximum atomic E-state index is 11.7. The van der Waals surface area contributed by atoms with Crippen LogP contribution in [0.4, 0.5) is 11.4 Å². The fourth-order valence-electron chi connectivity index (χ4n) is 3.52. The Bertz CT molecular complexity index is 1400. The first-order valence-corrected chi connectivity index (χ1v) is 12.3. The molecule has 1 aliphatic heterocycles. The summed E-state index contributed by atoms with van der Waals surface area (Å²) in [6.45, 7) is 0.126. The molecule has 2 heterocycles. The fourth-order valence-corrected chi connectivity index (χ4v) is 4.80. The maximum absolute atomic E-state index is 11.7. The van der Waals surface area contributed by atoms with E-state index in [1.807, 2.05) is 24.3 Å². The molecule has 2 atom stereocenters. The van der Waals surface area contributed by atoms with Gasteiger partial charge in [-0.1, -0.05) is 12.1 Å². The highest BCUT2D eigenvalue weighted by atomic mass is 32.2. The Balaban J connectivity index is 1.45. The van der Waals surface area contributed by atoms with E-state index >= 15 is 0 Å². The van der Waals surface area contributed by atoms with Crippen molar-refractivity contribution in [3.8, 4) is 11.4 Å². The summed E-state index contributed by atoms with van der Waals surface area (Å²) in [7, 11) is -3.61. The molecule has 11 nitrogen and oxygen atoms in total. The van der Waals surface area contributed by atoms with Crippen LogP contribution in [0, 0.1) is 9.54 Å². The Morgan fingerprint density at radius 3 is 2.58 bits per heavy atom. The van der Waals surface area contributed by atoms with Gasteiger partial charge in [0.25, 0.3) is 0 Å². The van der Waals surface area contributed by atoms with Gasteiger partial charge in [-0.3, -0.25) is 14.8 Å². The van der Waals surface area contributed by atoms with Gasteiger partial charge in [-0.2, -0.15) is 0 Å². The third kappa shape index (κ3) is 5.08. The van der Waals surface area contributed by atoms with Gasteiger partial charge < -0.3 is 20.5 Å². The van der Waals surface area contributed by atoms with E-state index in [1.54, 1.807) is 22.8 Å². The Morgan fingerprint density at radius 2 is 1.91 bits per heavy atom. The highest BCUT2D eigenvalue weighted by molar-refractivity contribution is 7.88. The van der Waals surface area contributed by atoms with Crippen molar-refractivity contribution in [2.75, 3.05) is 23.6 Å². The molecule has 0 bridgehead atoms. The molecule has 0 saturated carbocycles. The number of carboxylic acids is 1. The largest absolute Gasteiger partial charge is 0.480 e. The van der Waals surface area contributed by atoms with Gasteiger partial charge in [-0.15, -0.1) is 0 Å². The zero-order chi connectivity index (χ0) is 23.8. The predicted molar refractivity (Wildman–Crippen MR) is 127 cm³/mol. The summed E-state index contributed by atoms with van der Waals surface area (Å²) >= 11 is 10.5. The molecule has 4 rings (SSSR count). The summed E-state index contributed by atoms with van der Waals surface area (Å²) < 4.78 is 34.0. The third-order valence-electron chi connectivity index (χ3n) is 4.91. The van der Waals surface area contributed by atoms with E-state index in [1.165, 1.54) is 0 Å². The summed E-state index contributed by atoms with van der Waals surface area (Å²) in [5.74, 6) is -0.692. The highest BCUT2D eigenvalue weighted by Crippen LogP contribution is 2.37. The van der Waals surface area contributed by atoms with Crippen LogP contribution < -0.4 is 20.1 Å². The topological polar surface area (TPSA) is 153 Å². The monoisotopic (exact) mass is 508 g/mol. The van der Waals surface area contributed by atoms with Crippen LogP contribution in [-0.2, 0) is 14.8 Å². The predicted octanol–water partition coefficient (Wildman–Crippen LogP) is 2.51.